The maximum Gasteiger partial charge on any atom is 0.251 e. The van der Waals surface area contributed by atoms with E-state index in [0.29, 0.717) is 30.8 Å². The summed E-state index contributed by atoms with van der Waals surface area (Å²) in [4.78, 5) is 26.1. The molecule has 0 aliphatic carbocycles. The molecule has 2 aromatic rings. The van der Waals surface area contributed by atoms with Gasteiger partial charge >= 0.3 is 0 Å². The number of nitrogens with one attached hydrogen (secondary N) is 1. The van der Waals surface area contributed by atoms with Crippen LogP contribution >= 0.6 is 0 Å². The number of nitrogens with zero attached hydrogens (tertiary/aromatic N) is 1. The summed E-state index contributed by atoms with van der Waals surface area (Å²) in [5.74, 6) is 0.499. The van der Waals surface area contributed by atoms with Gasteiger partial charge in [0, 0.05) is 54.4 Å². The molecule has 1 atom stereocenters. The highest BCUT2D eigenvalue weighted by molar-refractivity contribution is 7.83. The van der Waals surface area contributed by atoms with Gasteiger partial charge in [-0.2, -0.15) is 0 Å². The maximum absolute atomic E-state index is 12.4. The summed E-state index contributed by atoms with van der Waals surface area (Å²) in [6.07, 6.45) is 3.22. The van der Waals surface area contributed by atoms with Gasteiger partial charge in [-0.05, 0) is 35.2 Å². The van der Waals surface area contributed by atoms with Crippen molar-refractivity contribution >= 4 is 22.6 Å². The van der Waals surface area contributed by atoms with Crippen molar-refractivity contribution in [2.24, 2.45) is 0 Å². The zero-order valence-corrected chi connectivity index (χ0v) is 16.3. The van der Waals surface area contributed by atoms with E-state index < -0.39 is 10.8 Å². The highest BCUT2D eigenvalue weighted by atomic mass is 32.2. The van der Waals surface area contributed by atoms with Gasteiger partial charge in [-0.1, -0.05) is 36.4 Å². The fraction of sp³-hybridized carbons (Fsp3) is 0.333. The second-order valence-corrected chi connectivity index (χ2v) is 8.27. The largest absolute Gasteiger partial charge is 0.348 e. The van der Waals surface area contributed by atoms with E-state index in [1.807, 2.05) is 41.3 Å². The first-order valence-corrected chi connectivity index (χ1v) is 10.8. The molecule has 1 fully saturated rings. The van der Waals surface area contributed by atoms with Gasteiger partial charge in [0.25, 0.3) is 5.91 Å². The molecule has 0 spiro atoms. The lowest BCUT2D eigenvalue weighted by molar-refractivity contribution is -0.128. The first-order chi connectivity index (χ1) is 13.0. The van der Waals surface area contributed by atoms with Crippen LogP contribution < -0.4 is 5.32 Å². The molecule has 0 radical (unpaired) electrons. The van der Waals surface area contributed by atoms with Crippen LogP contribution in [0.15, 0.2) is 48.5 Å². The molecule has 0 aromatic heterocycles. The molecular weight excluding hydrogens is 360 g/mol. The van der Waals surface area contributed by atoms with Crippen molar-refractivity contribution in [3.63, 3.8) is 0 Å². The van der Waals surface area contributed by atoms with E-state index in [4.69, 9.17) is 0 Å². The maximum atomic E-state index is 12.4. The first kappa shape index (κ1) is 19.3. The van der Waals surface area contributed by atoms with E-state index >= 15 is 0 Å². The lowest BCUT2D eigenvalue weighted by Gasteiger charge is -2.16. The lowest BCUT2D eigenvalue weighted by atomic mass is 10.1. The predicted octanol–water partition coefficient (Wildman–Crippen LogP) is 2.62. The standard InChI is InChI=1S/C21H24N2O3S/c1-27(26)15-18-7-3-8-19(12-18)21(25)22-13-16-5-2-6-17(11-16)14-23-10-4-9-20(23)24/h2-3,5-8,11-12H,4,9-10,13-15H2,1H3,(H,22,25). The molecule has 3 rings (SSSR count). The number of likely N-dealkylation sites (tertiary alicyclic amines) is 1. The molecule has 1 aliphatic heterocycles. The lowest BCUT2D eigenvalue weighted by Crippen LogP contribution is -2.24. The Labute approximate surface area is 162 Å². The molecule has 5 nitrogen and oxygen atoms in total. The quantitative estimate of drug-likeness (QED) is 0.798. The van der Waals surface area contributed by atoms with Crippen LogP contribution in [0.4, 0.5) is 0 Å². The summed E-state index contributed by atoms with van der Waals surface area (Å²) < 4.78 is 11.4. The summed E-state index contributed by atoms with van der Waals surface area (Å²) in [5.41, 5.74) is 3.53. The van der Waals surface area contributed by atoms with Crippen molar-refractivity contribution in [1.29, 1.82) is 0 Å². The van der Waals surface area contributed by atoms with E-state index in [9.17, 15) is 13.8 Å². The Morgan fingerprint density at radius 1 is 1.11 bits per heavy atom. The van der Waals surface area contributed by atoms with Crippen LogP contribution in [0.2, 0.25) is 0 Å². The third-order valence-corrected chi connectivity index (χ3v) is 5.29. The minimum atomic E-state index is -0.939. The Morgan fingerprint density at radius 2 is 1.85 bits per heavy atom. The van der Waals surface area contributed by atoms with Gasteiger partial charge in [0.2, 0.25) is 5.91 Å². The normalized spacial score (nSPS) is 15.0. The summed E-state index contributed by atoms with van der Waals surface area (Å²) in [6, 6.07) is 15.2. The zero-order chi connectivity index (χ0) is 19.2. The molecule has 1 aliphatic rings. The van der Waals surface area contributed by atoms with Crippen LogP contribution in [-0.2, 0) is 34.4 Å². The van der Waals surface area contributed by atoms with Gasteiger partial charge in [0.1, 0.15) is 0 Å². The van der Waals surface area contributed by atoms with E-state index in [1.165, 1.54) is 0 Å². The minimum absolute atomic E-state index is 0.154. The Hall–Kier alpha value is -2.47. The SMILES string of the molecule is CS(=O)Cc1cccc(C(=O)NCc2cccc(CN3CCCC3=O)c2)c1. The summed E-state index contributed by atoms with van der Waals surface area (Å²) in [6.45, 7) is 1.86. The number of rotatable bonds is 7. The van der Waals surface area contributed by atoms with Gasteiger partial charge in [-0.3, -0.25) is 13.8 Å². The summed E-state index contributed by atoms with van der Waals surface area (Å²) in [7, 11) is -0.939. The molecule has 1 heterocycles. The highest BCUT2D eigenvalue weighted by Gasteiger charge is 2.19. The van der Waals surface area contributed by atoms with Gasteiger partial charge in [0.05, 0.1) is 0 Å². The topological polar surface area (TPSA) is 66.5 Å². The van der Waals surface area contributed by atoms with Crippen LogP contribution in [-0.4, -0.2) is 33.7 Å². The number of carbonyl (C=O) groups is 2. The fourth-order valence-corrected chi connectivity index (χ4v) is 3.90. The van der Waals surface area contributed by atoms with E-state index in [-0.39, 0.29) is 11.8 Å². The molecule has 1 unspecified atom stereocenters. The first-order valence-electron chi connectivity index (χ1n) is 9.04. The minimum Gasteiger partial charge on any atom is -0.348 e. The van der Waals surface area contributed by atoms with Gasteiger partial charge in [-0.25, -0.2) is 0 Å². The van der Waals surface area contributed by atoms with Crippen LogP contribution in [0.25, 0.3) is 0 Å². The summed E-state index contributed by atoms with van der Waals surface area (Å²) in [5, 5.41) is 2.93. The average Bonchev–Trinajstić information content (AvgIpc) is 3.04. The fourth-order valence-electron chi connectivity index (χ4n) is 3.25. The second kappa shape index (κ2) is 8.95. The number of benzene rings is 2. The van der Waals surface area contributed by atoms with Crippen molar-refractivity contribution in [3.8, 4) is 0 Å². The number of hydrogen-bond acceptors (Lipinski definition) is 3. The molecule has 2 amide bonds. The van der Waals surface area contributed by atoms with Crippen molar-refractivity contribution in [2.45, 2.75) is 31.7 Å². The van der Waals surface area contributed by atoms with Crippen molar-refractivity contribution < 1.29 is 13.8 Å². The molecular formula is C21H24N2O3S. The molecule has 1 saturated heterocycles. The van der Waals surface area contributed by atoms with E-state index in [1.54, 1.807) is 18.4 Å². The molecule has 27 heavy (non-hydrogen) atoms. The molecule has 0 bridgehead atoms. The van der Waals surface area contributed by atoms with Crippen LogP contribution in [0, 0.1) is 0 Å². The predicted molar refractivity (Wildman–Crippen MR) is 106 cm³/mol. The van der Waals surface area contributed by atoms with Gasteiger partial charge in [-0.15, -0.1) is 0 Å². The van der Waals surface area contributed by atoms with Crippen LogP contribution in [0.1, 0.15) is 39.9 Å². The summed E-state index contributed by atoms with van der Waals surface area (Å²) >= 11 is 0. The Bertz CT molecular complexity index is 866. The number of amides is 2. The van der Waals surface area contributed by atoms with Crippen molar-refractivity contribution in [2.75, 3.05) is 12.8 Å². The third kappa shape index (κ3) is 5.50. The third-order valence-electron chi connectivity index (χ3n) is 4.55. The second-order valence-electron chi connectivity index (χ2n) is 6.84. The molecule has 142 valence electrons. The average molecular weight is 385 g/mol. The van der Waals surface area contributed by atoms with Crippen LogP contribution in [0.5, 0.6) is 0 Å². The molecule has 0 saturated carbocycles. The van der Waals surface area contributed by atoms with Gasteiger partial charge < -0.3 is 10.2 Å². The zero-order valence-electron chi connectivity index (χ0n) is 15.4. The molecule has 2 aromatic carbocycles. The smallest absolute Gasteiger partial charge is 0.251 e. The van der Waals surface area contributed by atoms with E-state index in [2.05, 4.69) is 5.32 Å². The Morgan fingerprint density at radius 3 is 2.59 bits per heavy atom. The molecule has 1 N–H and O–H groups in total. The molecule has 6 heteroatoms. The van der Waals surface area contributed by atoms with Crippen LogP contribution in [0.3, 0.4) is 0 Å². The van der Waals surface area contributed by atoms with Gasteiger partial charge in [0.15, 0.2) is 0 Å². The van der Waals surface area contributed by atoms with Crippen molar-refractivity contribution in [3.05, 3.63) is 70.8 Å². The Kier molecular flexibility index (Phi) is 6.40. The number of hydrogen-bond donors (Lipinski definition) is 1. The number of carbonyl (C=O) groups excluding carboxylic acids is 2. The van der Waals surface area contributed by atoms with E-state index in [0.717, 1.165) is 29.7 Å². The van der Waals surface area contributed by atoms with Crippen molar-refractivity contribution in [1.82, 2.24) is 10.2 Å². The monoisotopic (exact) mass is 384 g/mol. The highest BCUT2D eigenvalue weighted by Crippen LogP contribution is 2.15. The Balaban J connectivity index is 1.59.